The van der Waals surface area contributed by atoms with Crippen molar-refractivity contribution in [2.75, 3.05) is 0 Å². The summed E-state index contributed by atoms with van der Waals surface area (Å²) in [5.41, 5.74) is -0.845. The minimum atomic E-state index is -0.845. The van der Waals surface area contributed by atoms with Crippen LogP contribution in [0.5, 0.6) is 0 Å². The summed E-state index contributed by atoms with van der Waals surface area (Å²) in [7, 11) is 0. The molecular weight excluding hydrogens is 348 g/mol. The molecule has 28 heavy (non-hydrogen) atoms. The molecule has 0 unspecified atom stereocenters. The standard InChI is InChI=1S/C25H48O3/c1-2-3-4-5-6-7-8-9-10-11-12-13-14-15-16-17-18-19-25(28)21-23(26)20-24(27)22-25/h5-6,23-24,26-28H,2-4,7-22H2,1H3/b6-5-/t23-,24-/m0/s1. The normalized spacial score (nSPS) is 25.6. The predicted molar refractivity (Wildman–Crippen MR) is 120 cm³/mol. The predicted octanol–water partition coefficient (Wildman–Crippen LogP) is 6.44. The van der Waals surface area contributed by atoms with Crippen molar-refractivity contribution in [2.24, 2.45) is 0 Å². The van der Waals surface area contributed by atoms with Crippen molar-refractivity contribution in [3.63, 3.8) is 0 Å². The molecule has 3 N–H and O–H groups in total. The molecule has 0 aromatic rings. The lowest BCUT2D eigenvalue weighted by Gasteiger charge is -2.37. The molecule has 1 rings (SSSR count). The quantitative estimate of drug-likeness (QED) is 0.196. The molecule has 0 aromatic heterocycles. The first kappa shape index (κ1) is 25.7. The van der Waals surface area contributed by atoms with Gasteiger partial charge in [0.2, 0.25) is 0 Å². The van der Waals surface area contributed by atoms with Crippen LogP contribution in [0.1, 0.15) is 129 Å². The average molecular weight is 397 g/mol. The van der Waals surface area contributed by atoms with E-state index in [1.807, 2.05) is 0 Å². The Labute approximate surface area is 174 Å². The average Bonchev–Trinajstić information content (AvgIpc) is 2.63. The van der Waals surface area contributed by atoms with E-state index in [4.69, 9.17) is 0 Å². The Morgan fingerprint density at radius 2 is 1.11 bits per heavy atom. The van der Waals surface area contributed by atoms with Gasteiger partial charge in [-0.15, -0.1) is 0 Å². The number of aliphatic hydroxyl groups is 3. The van der Waals surface area contributed by atoms with Crippen LogP contribution in [0.3, 0.4) is 0 Å². The van der Waals surface area contributed by atoms with Gasteiger partial charge >= 0.3 is 0 Å². The van der Waals surface area contributed by atoms with Crippen LogP contribution in [-0.2, 0) is 0 Å². The Hall–Kier alpha value is -0.380. The number of rotatable bonds is 17. The molecule has 0 aromatic carbocycles. The van der Waals surface area contributed by atoms with E-state index in [-0.39, 0.29) is 0 Å². The molecule has 0 bridgehead atoms. The summed E-state index contributed by atoms with van der Waals surface area (Å²) in [6.07, 6.45) is 25.0. The van der Waals surface area contributed by atoms with Gasteiger partial charge in [-0.05, 0) is 32.1 Å². The van der Waals surface area contributed by atoms with Crippen molar-refractivity contribution in [1.29, 1.82) is 0 Å². The van der Waals surface area contributed by atoms with E-state index in [0.717, 1.165) is 19.3 Å². The van der Waals surface area contributed by atoms with Gasteiger partial charge in [0, 0.05) is 12.8 Å². The van der Waals surface area contributed by atoms with Crippen molar-refractivity contribution in [3.05, 3.63) is 12.2 Å². The van der Waals surface area contributed by atoms with Crippen molar-refractivity contribution in [2.45, 2.75) is 147 Å². The molecule has 0 heterocycles. The van der Waals surface area contributed by atoms with Crippen LogP contribution in [-0.4, -0.2) is 33.1 Å². The summed E-state index contributed by atoms with van der Waals surface area (Å²) < 4.78 is 0. The molecule has 1 aliphatic carbocycles. The first-order chi connectivity index (χ1) is 13.6. The smallest absolute Gasteiger partial charge is 0.0697 e. The molecule has 0 spiro atoms. The summed E-state index contributed by atoms with van der Waals surface area (Å²) in [5.74, 6) is 0. The highest BCUT2D eigenvalue weighted by Crippen LogP contribution is 2.33. The third kappa shape index (κ3) is 13.7. The van der Waals surface area contributed by atoms with Gasteiger partial charge in [0.15, 0.2) is 0 Å². The second kappa shape index (κ2) is 16.4. The van der Waals surface area contributed by atoms with Crippen molar-refractivity contribution < 1.29 is 15.3 Å². The molecule has 3 nitrogen and oxygen atoms in total. The zero-order valence-electron chi connectivity index (χ0n) is 18.6. The molecular formula is C25H48O3. The second-order valence-corrected chi connectivity index (χ2v) is 9.22. The molecule has 1 saturated carbocycles. The van der Waals surface area contributed by atoms with E-state index in [0.29, 0.717) is 19.3 Å². The monoisotopic (exact) mass is 396 g/mol. The van der Waals surface area contributed by atoms with Crippen LogP contribution < -0.4 is 0 Å². The molecule has 1 aliphatic rings. The Balaban J connectivity index is 1.81. The topological polar surface area (TPSA) is 60.7 Å². The molecule has 0 radical (unpaired) electrons. The summed E-state index contributed by atoms with van der Waals surface area (Å²) >= 11 is 0. The zero-order valence-corrected chi connectivity index (χ0v) is 18.6. The van der Waals surface area contributed by atoms with Gasteiger partial charge in [0.25, 0.3) is 0 Å². The third-order valence-electron chi connectivity index (χ3n) is 6.18. The Morgan fingerprint density at radius 1 is 0.679 bits per heavy atom. The third-order valence-corrected chi connectivity index (χ3v) is 6.18. The molecule has 0 amide bonds. The fourth-order valence-electron chi connectivity index (χ4n) is 4.51. The Kier molecular flexibility index (Phi) is 15.0. The minimum Gasteiger partial charge on any atom is -0.393 e. The SMILES string of the molecule is CCCC/C=C\CCCCCCCCCCCCCC1(O)C[C@@H](O)C[C@H](O)C1. The van der Waals surface area contributed by atoms with Gasteiger partial charge in [0.05, 0.1) is 17.8 Å². The molecule has 2 atom stereocenters. The van der Waals surface area contributed by atoms with Gasteiger partial charge in [-0.2, -0.15) is 0 Å². The summed E-state index contributed by atoms with van der Waals surface area (Å²) in [6, 6.07) is 0. The first-order valence-electron chi connectivity index (χ1n) is 12.3. The van der Waals surface area contributed by atoms with Crippen molar-refractivity contribution >= 4 is 0 Å². The first-order valence-corrected chi connectivity index (χ1v) is 12.3. The number of hydrogen-bond acceptors (Lipinski definition) is 3. The van der Waals surface area contributed by atoms with Crippen LogP contribution in [0.4, 0.5) is 0 Å². The Morgan fingerprint density at radius 3 is 1.61 bits per heavy atom. The molecule has 1 fully saturated rings. The van der Waals surface area contributed by atoms with E-state index < -0.39 is 17.8 Å². The largest absolute Gasteiger partial charge is 0.393 e. The van der Waals surface area contributed by atoms with Crippen LogP contribution in [0.25, 0.3) is 0 Å². The molecule has 3 heteroatoms. The fourth-order valence-corrected chi connectivity index (χ4v) is 4.51. The maximum atomic E-state index is 10.5. The maximum Gasteiger partial charge on any atom is 0.0697 e. The van der Waals surface area contributed by atoms with Gasteiger partial charge < -0.3 is 15.3 Å². The highest BCUT2D eigenvalue weighted by atomic mass is 16.3. The summed E-state index contributed by atoms with van der Waals surface area (Å²) in [6.45, 7) is 2.25. The van der Waals surface area contributed by atoms with Gasteiger partial charge in [-0.1, -0.05) is 96.1 Å². The number of unbranched alkanes of at least 4 members (excludes halogenated alkanes) is 13. The lowest BCUT2D eigenvalue weighted by atomic mass is 9.78. The minimum absolute atomic E-state index is 0.415. The number of aliphatic hydroxyl groups excluding tert-OH is 2. The summed E-state index contributed by atoms with van der Waals surface area (Å²) in [5, 5.41) is 30.0. The summed E-state index contributed by atoms with van der Waals surface area (Å²) in [4.78, 5) is 0. The van der Waals surface area contributed by atoms with Crippen LogP contribution in [0.2, 0.25) is 0 Å². The van der Waals surface area contributed by atoms with E-state index >= 15 is 0 Å². The van der Waals surface area contributed by atoms with Crippen molar-refractivity contribution in [3.8, 4) is 0 Å². The lowest BCUT2D eigenvalue weighted by Crippen LogP contribution is -2.43. The highest BCUT2D eigenvalue weighted by Gasteiger charge is 2.37. The highest BCUT2D eigenvalue weighted by molar-refractivity contribution is 4.90. The van der Waals surface area contributed by atoms with Crippen LogP contribution in [0.15, 0.2) is 12.2 Å². The number of hydrogen-bond donors (Lipinski definition) is 3. The van der Waals surface area contributed by atoms with Gasteiger partial charge in [0.1, 0.15) is 0 Å². The Bertz CT molecular complexity index is 370. The molecule has 0 aliphatic heterocycles. The second-order valence-electron chi connectivity index (χ2n) is 9.22. The van der Waals surface area contributed by atoms with E-state index in [9.17, 15) is 15.3 Å². The van der Waals surface area contributed by atoms with E-state index in [1.165, 1.54) is 83.5 Å². The van der Waals surface area contributed by atoms with Crippen LogP contribution >= 0.6 is 0 Å². The zero-order chi connectivity index (χ0) is 20.5. The maximum absolute atomic E-state index is 10.5. The lowest BCUT2D eigenvalue weighted by molar-refractivity contribution is -0.0950. The van der Waals surface area contributed by atoms with Crippen LogP contribution in [0, 0.1) is 0 Å². The fraction of sp³-hybridized carbons (Fsp3) is 0.920. The van der Waals surface area contributed by atoms with E-state index in [2.05, 4.69) is 19.1 Å². The molecule has 0 saturated heterocycles. The van der Waals surface area contributed by atoms with Gasteiger partial charge in [-0.3, -0.25) is 0 Å². The number of allylic oxidation sites excluding steroid dienone is 2. The molecule has 166 valence electrons. The van der Waals surface area contributed by atoms with E-state index in [1.54, 1.807) is 0 Å². The van der Waals surface area contributed by atoms with Gasteiger partial charge in [-0.25, -0.2) is 0 Å². The van der Waals surface area contributed by atoms with Crippen molar-refractivity contribution in [1.82, 2.24) is 0 Å².